The molecule has 0 N–H and O–H groups in total. The molecule has 2 nitrogen and oxygen atoms in total. The molecule has 0 amide bonds. The minimum atomic E-state index is 0.507. The van der Waals surface area contributed by atoms with Crippen LogP contribution in [0, 0.1) is 0 Å². The van der Waals surface area contributed by atoms with Gasteiger partial charge in [0, 0.05) is 25.3 Å². The Hall–Kier alpha value is -1.67. The molecule has 0 spiro atoms. The van der Waals surface area contributed by atoms with Gasteiger partial charge in [-0.15, -0.1) is 0 Å². The minimum Gasteiger partial charge on any atom is -0.291 e. The largest absolute Gasteiger partial charge is 0.291 e. The summed E-state index contributed by atoms with van der Waals surface area (Å²) >= 11 is 0. The van der Waals surface area contributed by atoms with Crippen molar-refractivity contribution < 1.29 is 0 Å². The van der Waals surface area contributed by atoms with Gasteiger partial charge in [0.1, 0.15) is 0 Å². The maximum Gasteiger partial charge on any atom is 0.0544 e. The molecule has 0 aliphatic heterocycles. The van der Waals surface area contributed by atoms with Crippen molar-refractivity contribution in [3.05, 3.63) is 66.0 Å². The van der Waals surface area contributed by atoms with Crippen LogP contribution in [0.3, 0.4) is 0 Å². The molecular formula is C16H20N2. The molecule has 0 bridgehead atoms. The van der Waals surface area contributed by atoms with Crippen molar-refractivity contribution in [1.82, 2.24) is 9.88 Å². The van der Waals surface area contributed by atoms with Crippen molar-refractivity contribution in [2.24, 2.45) is 0 Å². The van der Waals surface area contributed by atoms with Crippen molar-refractivity contribution in [3.63, 3.8) is 0 Å². The maximum atomic E-state index is 4.40. The van der Waals surface area contributed by atoms with E-state index in [1.54, 1.807) is 0 Å². The molecule has 94 valence electrons. The minimum absolute atomic E-state index is 0.507. The van der Waals surface area contributed by atoms with Gasteiger partial charge in [-0.05, 0) is 31.5 Å². The number of hydrogen-bond donors (Lipinski definition) is 0. The molecule has 2 heteroatoms. The molecule has 2 aromatic rings. The summed E-state index contributed by atoms with van der Waals surface area (Å²) in [5.41, 5.74) is 2.48. The Labute approximate surface area is 109 Å². The zero-order valence-electron chi connectivity index (χ0n) is 11.1. The number of aromatic nitrogens is 1. The molecular weight excluding hydrogens is 220 g/mol. The molecule has 0 saturated carbocycles. The van der Waals surface area contributed by atoms with Gasteiger partial charge in [-0.3, -0.25) is 9.88 Å². The third-order valence-electron chi connectivity index (χ3n) is 3.05. The number of pyridine rings is 1. The highest BCUT2D eigenvalue weighted by Gasteiger charge is 2.11. The first kappa shape index (κ1) is 12.8. The third kappa shape index (κ3) is 3.67. The van der Waals surface area contributed by atoms with Crippen LogP contribution in [-0.4, -0.2) is 15.9 Å². The Kier molecular flexibility index (Phi) is 4.48. The molecule has 18 heavy (non-hydrogen) atoms. The molecule has 0 aliphatic rings. The number of rotatable bonds is 5. The number of hydrogen-bond acceptors (Lipinski definition) is 2. The van der Waals surface area contributed by atoms with E-state index in [1.807, 2.05) is 18.3 Å². The highest BCUT2D eigenvalue weighted by molar-refractivity contribution is 5.15. The topological polar surface area (TPSA) is 16.1 Å². The molecule has 0 radical (unpaired) electrons. The van der Waals surface area contributed by atoms with Gasteiger partial charge in [0.25, 0.3) is 0 Å². The van der Waals surface area contributed by atoms with Crippen molar-refractivity contribution in [1.29, 1.82) is 0 Å². The van der Waals surface area contributed by atoms with Gasteiger partial charge in [-0.1, -0.05) is 36.4 Å². The zero-order valence-corrected chi connectivity index (χ0v) is 11.1. The molecule has 0 aliphatic carbocycles. The Morgan fingerprint density at radius 2 is 1.67 bits per heavy atom. The summed E-state index contributed by atoms with van der Waals surface area (Å²) in [7, 11) is 0. The van der Waals surface area contributed by atoms with E-state index in [9.17, 15) is 0 Å². The predicted molar refractivity (Wildman–Crippen MR) is 75.1 cm³/mol. The van der Waals surface area contributed by atoms with Gasteiger partial charge >= 0.3 is 0 Å². The van der Waals surface area contributed by atoms with Crippen LogP contribution in [0.15, 0.2) is 54.7 Å². The van der Waals surface area contributed by atoms with Crippen molar-refractivity contribution in [2.75, 3.05) is 0 Å². The van der Waals surface area contributed by atoms with Crippen LogP contribution in [0.2, 0.25) is 0 Å². The number of nitrogens with zero attached hydrogens (tertiary/aromatic N) is 2. The van der Waals surface area contributed by atoms with Crippen molar-refractivity contribution in [3.8, 4) is 0 Å². The van der Waals surface area contributed by atoms with Gasteiger partial charge in [0.15, 0.2) is 0 Å². The van der Waals surface area contributed by atoms with E-state index in [4.69, 9.17) is 0 Å². The second-order valence-electron chi connectivity index (χ2n) is 4.81. The smallest absolute Gasteiger partial charge is 0.0544 e. The van der Waals surface area contributed by atoms with E-state index >= 15 is 0 Å². The summed E-state index contributed by atoms with van der Waals surface area (Å²) < 4.78 is 0. The van der Waals surface area contributed by atoms with Gasteiger partial charge in [0.2, 0.25) is 0 Å². The van der Waals surface area contributed by atoms with Crippen LogP contribution in [-0.2, 0) is 13.1 Å². The fourth-order valence-electron chi connectivity index (χ4n) is 1.94. The van der Waals surface area contributed by atoms with Gasteiger partial charge < -0.3 is 0 Å². The fraction of sp³-hybridized carbons (Fsp3) is 0.312. The Morgan fingerprint density at radius 1 is 0.944 bits per heavy atom. The molecule has 0 unspecified atom stereocenters. The Morgan fingerprint density at radius 3 is 2.28 bits per heavy atom. The van der Waals surface area contributed by atoms with E-state index in [2.05, 4.69) is 60.1 Å². The van der Waals surface area contributed by atoms with Crippen LogP contribution in [0.1, 0.15) is 25.1 Å². The van der Waals surface area contributed by atoms with Crippen LogP contribution in [0.5, 0.6) is 0 Å². The summed E-state index contributed by atoms with van der Waals surface area (Å²) in [6.45, 7) is 6.32. The highest BCUT2D eigenvalue weighted by Crippen LogP contribution is 2.11. The fourth-order valence-corrected chi connectivity index (χ4v) is 1.94. The second-order valence-corrected chi connectivity index (χ2v) is 4.81. The van der Waals surface area contributed by atoms with Crippen LogP contribution < -0.4 is 0 Å². The average molecular weight is 240 g/mol. The molecule has 1 heterocycles. The summed E-state index contributed by atoms with van der Waals surface area (Å²) in [4.78, 5) is 6.83. The van der Waals surface area contributed by atoms with Gasteiger partial charge in [-0.25, -0.2) is 0 Å². The molecule has 1 aromatic heterocycles. The van der Waals surface area contributed by atoms with E-state index in [-0.39, 0.29) is 0 Å². The van der Waals surface area contributed by atoms with Gasteiger partial charge in [-0.2, -0.15) is 0 Å². The summed E-state index contributed by atoms with van der Waals surface area (Å²) in [5.74, 6) is 0. The van der Waals surface area contributed by atoms with E-state index in [1.165, 1.54) is 5.56 Å². The third-order valence-corrected chi connectivity index (χ3v) is 3.05. The summed E-state index contributed by atoms with van der Waals surface area (Å²) in [5, 5.41) is 0. The zero-order chi connectivity index (χ0) is 12.8. The molecule has 2 rings (SSSR count). The van der Waals surface area contributed by atoms with Crippen molar-refractivity contribution in [2.45, 2.75) is 33.0 Å². The normalized spacial score (nSPS) is 11.1. The average Bonchev–Trinajstić information content (AvgIpc) is 2.40. The Balaban J connectivity index is 2.05. The van der Waals surface area contributed by atoms with Gasteiger partial charge in [0.05, 0.1) is 5.69 Å². The quantitative estimate of drug-likeness (QED) is 0.795. The van der Waals surface area contributed by atoms with Crippen molar-refractivity contribution >= 4 is 0 Å². The van der Waals surface area contributed by atoms with E-state index in [0.717, 1.165) is 18.8 Å². The first-order chi connectivity index (χ1) is 8.75. The Bertz CT molecular complexity index is 410. The lowest BCUT2D eigenvalue weighted by molar-refractivity contribution is 0.201. The van der Waals surface area contributed by atoms with Crippen LogP contribution in [0.25, 0.3) is 0 Å². The monoisotopic (exact) mass is 240 g/mol. The summed E-state index contributed by atoms with van der Waals surface area (Å²) in [6.07, 6.45) is 1.86. The first-order valence-electron chi connectivity index (χ1n) is 6.43. The molecule has 0 saturated heterocycles. The lowest BCUT2D eigenvalue weighted by Gasteiger charge is -2.26. The van der Waals surface area contributed by atoms with Crippen LogP contribution >= 0.6 is 0 Å². The molecule has 1 aromatic carbocycles. The van der Waals surface area contributed by atoms with E-state index < -0.39 is 0 Å². The van der Waals surface area contributed by atoms with Crippen LogP contribution in [0.4, 0.5) is 0 Å². The lowest BCUT2D eigenvalue weighted by Crippen LogP contribution is -2.30. The number of benzene rings is 1. The molecule has 0 fully saturated rings. The maximum absolute atomic E-state index is 4.40. The second kappa shape index (κ2) is 6.31. The lowest BCUT2D eigenvalue weighted by atomic mass is 10.2. The first-order valence-corrected chi connectivity index (χ1v) is 6.43. The SMILES string of the molecule is CC(C)N(Cc1ccccc1)Cc1ccccn1. The summed E-state index contributed by atoms with van der Waals surface area (Å²) in [6, 6.07) is 17.2. The highest BCUT2D eigenvalue weighted by atomic mass is 15.1. The standard InChI is InChI=1S/C16H20N2/c1-14(2)18(12-15-8-4-3-5-9-15)13-16-10-6-7-11-17-16/h3-11,14H,12-13H2,1-2H3. The van der Waals surface area contributed by atoms with E-state index in [0.29, 0.717) is 6.04 Å². The molecule has 0 atom stereocenters. The predicted octanol–water partition coefficient (Wildman–Crippen LogP) is 3.49.